The van der Waals surface area contributed by atoms with Gasteiger partial charge in [0.2, 0.25) is 0 Å². The average Bonchev–Trinajstić information content (AvgIpc) is 3.54. The predicted molar refractivity (Wildman–Crippen MR) is 131 cm³/mol. The van der Waals surface area contributed by atoms with Crippen LogP contribution in [-0.4, -0.2) is 32.0 Å². The number of aryl methyl sites for hydroxylation is 1. The first-order valence-electron chi connectivity index (χ1n) is 12.4. The molecule has 2 saturated carbocycles. The lowest BCUT2D eigenvalue weighted by molar-refractivity contribution is 0.0690. The molecule has 0 saturated heterocycles. The summed E-state index contributed by atoms with van der Waals surface area (Å²) in [6.07, 6.45) is 9.99. The van der Waals surface area contributed by atoms with Gasteiger partial charge in [-0.15, -0.1) is 0 Å². The molecule has 174 valence electrons. The van der Waals surface area contributed by atoms with E-state index in [0.29, 0.717) is 23.9 Å². The molecule has 2 aromatic heterocycles. The highest BCUT2D eigenvalue weighted by Crippen LogP contribution is 2.42. The zero-order chi connectivity index (χ0) is 23.1. The fourth-order valence-corrected chi connectivity index (χ4v) is 5.40. The minimum absolute atomic E-state index is 0.0338. The van der Waals surface area contributed by atoms with Crippen molar-refractivity contribution in [2.24, 2.45) is 0 Å². The van der Waals surface area contributed by atoms with Crippen LogP contribution in [0.2, 0.25) is 0 Å². The molecule has 0 bridgehead atoms. The maximum Gasteiger partial charge on any atom is 0.255 e. The molecule has 0 spiro atoms. The van der Waals surface area contributed by atoms with Gasteiger partial charge in [-0.2, -0.15) is 5.10 Å². The Hall–Kier alpha value is -2.89. The van der Waals surface area contributed by atoms with Crippen molar-refractivity contribution in [3.8, 4) is 0 Å². The number of aromatic amines is 2. The number of H-pyrrole nitrogens is 2. The largest absolute Gasteiger partial charge is 0.332 e. The Kier molecular flexibility index (Phi) is 5.85. The molecule has 2 aliphatic rings. The van der Waals surface area contributed by atoms with E-state index >= 15 is 0 Å². The lowest BCUT2D eigenvalue weighted by Gasteiger charge is -2.30. The molecule has 5 rings (SSSR count). The molecule has 0 unspecified atom stereocenters. The van der Waals surface area contributed by atoms with Gasteiger partial charge in [-0.1, -0.05) is 19.3 Å². The molecule has 6 nitrogen and oxygen atoms in total. The van der Waals surface area contributed by atoms with Crippen LogP contribution < -0.4 is 5.56 Å². The molecule has 2 heterocycles. The molecular weight excluding hydrogens is 412 g/mol. The van der Waals surface area contributed by atoms with Gasteiger partial charge < -0.3 is 9.88 Å². The second-order valence-electron chi connectivity index (χ2n) is 10.3. The van der Waals surface area contributed by atoms with E-state index in [1.54, 1.807) is 6.20 Å². The van der Waals surface area contributed by atoms with Gasteiger partial charge in [0.15, 0.2) is 0 Å². The van der Waals surface area contributed by atoms with E-state index in [4.69, 9.17) is 0 Å². The zero-order valence-corrected chi connectivity index (χ0v) is 19.9. The van der Waals surface area contributed by atoms with Crippen molar-refractivity contribution in [2.45, 2.75) is 90.1 Å². The van der Waals surface area contributed by atoms with E-state index in [1.165, 1.54) is 37.7 Å². The van der Waals surface area contributed by atoms with Crippen molar-refractivity contribution < 1.29 is 4.79 Å². The van der Waals surface area contributed by atoms with E-state index in [0.717, 1.165) is 40.6 Å². The van der Waals surface area contributed by atoms with Crippen LogP contribution in [0.15, 0.2) is 29.2 Å². The van der Waals surface area contributed by atoms with Crippen LogP contribution in [0.3, 0.4) is 0 Å². The first-order chi connectivity index (χ1) is 15.9. The smallest absolute Gasteiger partial charge is 0.255 e. The molecule has 1 aromatic carbocycles. The number of fused-ring (bicyclic) bond motifs is 1. The van der Waals surface area contributed by atoms with Gasteiger partial charge in [-0.05, 0) is 87.6 Å². The first-order valence-corrected chi connectivity index (χ1v) is 12.4. The number of pyridine rings is 1. The normalized spacial score (nSPS) is 17.1. The summed E-state index contributed by atoms with van der Waals surface area (Å²) in [4.78, 5) is 31.9. The van der Waals surface area contributed by atoms with Crippen LogP contribution in [0.5, 0.6) is 0 Å². The molecule has 0 aliphatic heterocycles. The Balaban J connectivity index is 1.54. The second-order valence-corrected chi connectivity index (χ2v) is 10.3. The summed E-state index contributed by atoms with van der Waals surface area (Å²) >= 11 is 0. The third kappa shape index (κ3) is 4.35. The van der Waals surface area contributed by atoms with Crippen LogP contribution in [0.1, 0.15) is 103 Å². The lowest BCUT2D eigenvalue weighted by Crippen LogP contribution is -2.39. The summed E-state index contributed by atoms with van der Waals surface area (Å²) in [5, 5.41) is 8.10. The van der Waals surface area contributed by atoms with Gasteiger partial charge in [-0.25, -0.2) is 0 Å². The van der Waals surface area contributed by atoms with Crippen molar-refractivity contribution in [2.75, 3.05) is 0 Å². The number of amides is 1. The number of rotatable bonds is 6. The summed E-state index contributed by atoms with van der Waals surface area (Å²) in [6, 6.07) is 6.28. The van der Waals surface area contributed by atoms with Crippen LogP contribution >= 0.6 is 0 Å². The standard InChI is InChI=1S/C27H34N4O2/c1-16(2)31(15-24-21(11-17(3)29-26(24)32)19-7-5-4-6-8-19)27(33)22-12-20(18-9-10-18)13-25-23(22)14-28-30-25/h11-14,16,18-19H,4-10,15H2,1-3H3,(H,28,30)(H,29,32). The molecular formula is C27H34N4O2. The Bertz CT molecular complexity index is 1230. The quantitative estimate of drug-likeness (QED) is 0.522. The monoisotopic (exact) mass is 446 g/mol. The Labute approximate surface area is 194 Å². The van der Waals surface area contributed by atoms with E-state index in [-0.39, 0.29) is 17.5 Å². The maximum absolute atomic E-state index is 13.9. The summed E-state index contributed by atoms with van der Waals surface area (Å²) in [5.41, 5.74) is 5.50. The summed E-state index contributed by atoms with van der Waals surface area (Å²) < 4.78 is 0. The fourth-order valence-electron chi connectivity index (χ4n) is 5.40. The van der Waals surface area contributed by atoms with Crippen molar-refractivity contribution in [3.63, 3.8) is 0 Å². The number of carbonyl (C=O) groups excluding carboxylic acids is 1. The van der Waals surface area contributed by atoms with Gasteiger partial charge >= 0.3 is 0 Å². The molecule has 2 aliphatic carbocycles. The minimum Gasteiger partial charge on any atom is -0.332 e. The van der Waals surface area contributed by atoms with E-state index in [9.17, 15) is 9.59 Å². The lowest BCUT2D eigenvalue weighted by atomic mass is 9.82. The van der Waals surface area contributed by atoms with Crippen LogP contribution in [0, 0.1) is 6.92 Å². The highest BCUT2D eigenvalue weighted by molar-refractivity contribution is 6.06. The van der Waals surface area contributed by atoms with Gasteiger partial charge in [0.1, 0.15) is 0 Å². The van der Waals surface area contributed by atoms with E-state index in [1.807, 2.05) is 25.7 Å². The zero-order valence-electron chi connectivity index (χ0n) is 19.9. The van der Waals surface area contributed by atoms with Crippen molar-refractivity contribution in [3.05, 3.63) is 62.7 Å². The molecule has 33 heavy (non-hydrogen) atoms. The SMILES string of the molecule is Cc1cc(C2CCCCC2)c(CN(C(=O)c2cc(C3CC3)cc3[nH]ncc23)C(C)C)c(=O)[nH]1. The molecule has 2 fully saturated rings. The molecule has 6 heteroatoms. The van der Waals surface area contributed by atoms with Gasteiger partial charge in [-0.3, -0.25) is 14.7 Å². The van der Waals surface area contributed by atoms with Crippen molar-refractivity contribution in [1.82, 2.24) is 20.1 Å². The number of hydrogen-bond acceptors (Lipinski definition) is 3. The van der Waals surface area contributed by atoms with Crippen molar-refractivity contribution >= 4 is 16.8 Å². The topological polar surface area (TPSA) is 81.8 Å². The third-order valence-corrected chi connectivity index (χ3v) is 7.42. The van der Waals surface area contributed by atoms with Crippen LogP contribution in [0.25, 0.3) is 10.9 Å². The first kappa shape index (κ1) is 21.9. The highest BCUT2D eigenvalue weighted by Gasteiger charge is 2.29. The molecule has 2 N–H and O–H groups in total. The van der Waals surface area contributed by atoms with Crippen molar-refractivity contribution in [1.29, 1.82) is 0 Å². The van der Waals surface area contributed by atoms with Crippen LogP contribution in [-0.2, 0) is 6.54 Å². The number of nitrogens with one attached hydrogen (secondary N) is 2. The Morgan fingerprint density at radius 3 is 2.55 bits per heavy atom. The molecule has 0 atom stereocenters. The number of aromatic nitrogens is 3. The number of hydrogen-bond donors (Lipinski definition) is 2. The van der Waals surface area contributed by atoms with E-state index < -0.39 is 0 Å². The van der Waals surface area contributed by atoms with Crippen LogP contribution in [0.4, 0.5) is 0 Å². The number of nitrogens with zero attached hydrogens (tertiary/aromatic N) is 2. The molecule has 0 radical (unpaired) electrons. The fraction of sp³-hybridized carbons (Fsp3) is 0.519. The Morgan fingerprint density at radius 1 is 1.09 bits per heavy atom. The van der Waals surface area contributed by atoms with Gasteiger partial charge in [0.25, 0.3) is 11.5 Å². The third-order valence-electron chi connectivity index (χ3n) is 7.42. The average molecular weight is 447 g/mol. The Morgan fingerprint density at radius 2 is 1.85 bits per heavy atom. The summed E-state index contributed by atoms with van der Waals surface area (Å²) in [7, 11) is 0. The number of benzene rings is 1. The van der Waals surface area contributed by atoms with E-state index in [2.05, 4.69) is 33.4 Å². The summed E-state index contributed by atoms with van der Waals surface area (Å²) in [6.45, 7) is 6.32. The minimum atomic E-state index is -0.0609. The molecule has 1 amide bonds. The molecule has 3 aromatic rings. The summed E-state index contributed by atoms with van der Waals surface area (Å²) in [5.74, 6) is 0.903. The van der Waals surface area contributed by atoms with Gasteiger partial charge in [0, 0.05) is 22.7 Å². The second kappa shape index (κ2) is 8.81. The predicted octanol–water partition coefficient (Wildman–Crippen LogP) is 5.54. The number of carbonyl (C=O) groups is 1. The maximum atomic E-state index is 13.9. The van der Waals surface area contributed by atoms with Gasteiger partial charge in [0.05, 0.1) is 23.8 Å². The highest BCUT2D eigenvalue weighted by atomic mass is 16.2.